The first-order chi connectivity index (χ1) is 48.2. The van der Waals surface area contributed by atoms with Crippen molar-refractivity contribution in [3.05, 3.63) is 260 Å². The van der Waals surface area contributed by atoms with E-state index in [2.05, 4.69) is 0 Å². The molecule has 0 saturated carbocycles. The van der Waals surface area contributed by atoms with Gasteiger partial charge in [-0.1, -0.05) is 151 Å². The van der Waals surface area contributed by atoms with Gasteiger partial charge in [-0.3, -0.25) is 0 Å². The largest absolute Gasteiger partial charge is 0.456 e. The maximum absolute atomic E-state index is 9.69. The average Bonchev–Trinajstić information content (AvgIpc) is 1.23. The summed E-state index contributed by atoms with van der Waals surface area (Å²) in [6.45, 7) is 0. The molecule has 0 spiro atoms. The molecule has 8 heteroatoms. The van der Waals surface area contributed by atoms with E-state index >= 15 is 0 Å². The summed E-state index contributed by atoms with van der Waals surface area (Å²) in [5, 5.41) is 5.32. The molecule has 0 bridgehead atoms. The van der Waals surface area contributed by atoms with E-state index in [1.54, 1.807) is 21.3 Å². The van der Waals surface area contributed by atoms with E-state index in [1.807, 2.05) is 146 Å². The standard InChI is InChI=1S/C75H43N5O3/c1-3-16-48(17-4-1)79-60-26-10-7-20-50(60)56-40-44(32-36-62(56)79)46-34-38-65-58(42-46)71-54(24-14-30-68(71)82-65)74-76-73(53-23-13-29-67-70(53)52-22-9-12-28-64(52)81-67)77-75(78-74)55-25-15-31-69-72(55)59-43-47(35-39-66(59)83-69)45-33-37-63-57(41-45)51-21-8-11-27-61(51)80(63)49-18-5-2-6-19-49/h1-43H/i1D,2D,3D,4D,5D,6D,9D,12D,13D,16D,17D,18D,19D,22D,23D,28D,29D. The van der Waals surface area contributed by atoms with Crippen molar-refractivity contribution in [2.24, 2.45) is 0 Å². The first kappa shape index (κ1) is 32.0. The van der Waals surface area contributed by atoms with Gasteiger partial charge in [0.1, 0.15) is 33.5 Å². The number of para-hydroxylation sites is 5. The Morgan fingerprint density at radius 1 is 0.277 bits per heavy atom. The summed E-state index contributed by atoms with van der Waals surface area (Å²) < 4.78 is 173. The van der Waals surface area contributed by atoms with E-state index < -0.39 is 78.6 Å². The van der Waals surface area contributed by atoms with Gasteiger partial charge in [0.05, 0.1) is 45.4 Å². The quantitative estimate of drug-likeness (QED) is 0.158. The van der Waals surface area contributed by atoms with Crippen LogP contribution in [-0.2, 0) is 0 Å². The van der Waals surface area contributed by atoms with E-state index in [0.29, 0.717) is 77.1 Å². The number of aromatic nitrogens is 5. The highest BCUT2D eigenvalue weighted by Crippen LogP contribution is 2.44. The summed E-state index contributed by atoms with van der Waals surface area (Å²) in [6, 6.07) is 40.8. The van der Waals surface area contributed by atoms with E-state index in [9.17, 15) is 4.11 Å². The second-order valence-corrected chi connectivity index (χ2v) is 20.2. The number of rotatable bonds is 7. The molecular formula is C75H43N5O3. The second-order valence-electron chi connectivity index (χ2n) is 20.2. The molecule has 18 rings (SSSR count). The second kappa shape index (κ2) is 17.6. The van der Waals surface area contributed by atoms with Gasteiger partial charge in [0.15, 0.2) is 17.5 Å². The molecule has 0 fully saturated rings. The van der Waals surface area contributed by atoms with Crippen molar-refractivity contribution in [1.82, 2.24) is 24.1 Å². The fraction of sp³-hybridized carbons (Fsp3) is 0. The third-order valence-corrected chi connectivity index (χ3v) is 15.7. The van der Waals surface area contributed by atoms with Gasteiger partial charge < -0.3 is 22.4 Å². The van der Waals surface area contributed by atoms with E-state index in [-0.39, 0.29) is 80.5 Å². The smallest absolute Gasteiger partial charge is 0.164 e. The van der Waals surface area contributed by atoms with Crippen LogP contribution in [0, 0.1) is 0 Å². The Morgan fingerprint density at radius 2 is 0.699 bits per heavy atom. The normalized spacial score (nSPS) is 15.0. The molecule has 0 unspecified atom stereocenters. The van der Waals surface area contributed by atoms with Crippen molar-refractivity contribution < 1.29 is 36.6 Å². The first-order valence-corrected chi connectivity index (χ1v) is 26.5. The van der Waals surface area contributed by atoms with Crippen LogP contribution < -0.4 is 0 Å². The van der Waals surface area contributed by atoms with Crippen molar-refractivity contribution in [2.45, 2.75) is 0 Å². The van der Waals surface area contributed by atoms with E-state index in [0.717, 1.165) is 43.8 Å². The third kappa shape index (κ3) is 6.90. The predicted molar refractivity (Wildman–Crippen MR) is 338 cm³/mol. The Bertz CT molecular complexity index is 6410. The lowest BCUT2D eigenvalue weighted by Gasteiger charge is -2.11. The van der Waals surface area contributed by atoms with Crippen LogP contribution >= 0.6 is 0 Å². The highest BCUT2D eigenvalue weighted by Gasteiger charge is 2.24. The number of nitrogens with zero attached hydrogens (tertiary/aromatic N) is 5. The molecule has 0 aliphatic carbocycles. The molecule has 0 N–H and O–H groups in total. The number of hydrogen-bond donors (Lipinski definition) is 0. The Morgan fingerprint density at radius 3 is 1.24 bits per heavy atom. The molecule has 0 aliphatic rings. The molecule has 6 heterocycles. The Hall–Kier alpha value is -11.4. The Labute approximate surface area is 496 Å². The summed E-state index contributed by atoms with van der Waals surface area (Å²) in [5.74, 6) is -0.0708. The molecule has 0 amide bonds. The summed E-state index contributed by atoms with van der Waals surface area (Å²) >= 11 is 0. The van der Waals surface area contributed by atoms with Gasteiger partial charge in [0, 0.05) is 81.9 Å². The van der Waals surface area contributed by atoms with Crippen LogP contribution in [0.15, 0.2) is 274 Å². The zero-order valence-corrected chi connectivity index (χ0v) is 43.0. The maximum atomic E-state index is 9.69. The molecule has 18 aromatic rings. The predicted octanol–water partition coefficient (Wildman–Crippen LogP) is 20.1. The van der Waals surface area contributed by atoms with Gasteiger partial charge in [0.25, 0.3) is 0 Å². The lowest BCUT2D eigenvalue weighted by Crippen LogP contribution is -2.01. The highest BCUT2D eigenvalue weighted by atomic mass is 16.3. The van der Waals surface area contributed by atoms with E-state index in [1.165, 1.54) is 0 Å². The Balaban J connectivity index is 0.852. The van der Waals surface area contributed by atoms with Crippen LogP contribution in [0.3, 0.4) is 0 Å². The van der Waals surface area contributed by atoms with Crippen LogP contribution in [0.5, 0.6) is 0 Å². The average molecular weight is 1080 g/mol. The van der Waals surface area contributed by atoms with Crippen LogP contribution in [0.25, 0.3) is 177 Å². The minimum absolute atomic E-state index is 0.0217. The topological polar surface area (TPSA) is 88.0 Å². The summed E-state index contributed by atoms with van der Waals surface area (Å²) in [7, 11) is 0. The summed E-state index contributed by atoms with van der Waals surface area (Å²) in [4.78, 5) is 15.6. The van der Waals surface area contributed by atoms with Gasteiger partial charge in [-0.2, -0.15) is 0 Å². The molecular weight excluding hydrogens is 1020 g/mol. The SMILES string of the molecule is [2H]c1c([2H])c([2H])c(-n2c3ccccc3c3cc(-c4ccc5oc6cccc(-c7nc(-c8cccc9oc%10ccc(-c%11ccc%12c(c%11)c%11ccccc%11n%12-c%11c([2H])c([2H])c([2H])c([2H])c%11[2H])cc%10c89)nc(-c8c([2H])c([2H])c([2H])c9oc%10c([2H])c([2H])c([2H])c([2H])c%10c89)n7)c6c5c4)ccc32)c([2H])c1[2H]. The van der Waals surface area contributed by atoms with Crippen molar-refractivity contribution in [2.75, 3.05) is 0 Å². The minimum atomic E-state index is -0.591. The molecule has 0 aliphatic heterocycles. The van der Waals surface area contributed by atoms with Crippen LogP contribution in [-0.4, -0.2) is 24.1 Å². The van der Waals surface area contributed by atoms with E-state index in [4.69, 9.17) is 47.4 Å². The zero-order valence-electron chi connectivity index (χ0n) is 60.0. The van der Waals surface area contributed by atoms with Crippen LogP contribution in [0.4, 0.5) is 0 Å². The molecule has 386 valence electrons. The monoisotopic (exact) mass is 1080 g/mol. The van der Waals surface area contributed by atoms with Crippen LogP contribution in [0.2, 0.25) is 0 Å². The summed E-state index contributed by atoms with van der Waals surface area (Å²) in [5.41, 5.74) is 7.70. The lowest BCUT2D eigenvalue weighted by atomic mass is 9.98. The molecule has 0 radical (unpaired) electrons. The minimum Gasteiger partial charge on any atom is -0.456 e. The lowest BCUT2D eigenvalue weighted by molar-refractivity contribution is 0.668. The molecule has 6 aromatic heterocycles. The molecule has 0 atom stereocenters. The molecule has 12 aromatic carbocycles. The van der Waals surface area contributed by atoms with Crippen molar-refractivity contribution in [3.63, 3.8) is 0 Å². The number of furan rings is 3. The van der Waals surface area contributed by atoms with Crippen molar-refractivity contribution in [1.29, 1.82) is 0 Å². The van der Waals surface area contributed by atoms with Crippen LogP contribution in [0.1, 0.15) is 23.3 Å². The zero-order chi connectivity index (χ0) is 69.1. The fourth-order valence-electron chi connectivity index (χ4n) is 12.1. The third-order valence-electron chi connectivity index (χ3n) is 15.7. The van der Waals surface area contributed by atoms with Crippen molar-refractivity contribution >= 4 is 109 Å². The molecule has 8 nitrogen and oxygen atoms in total. The Kier molecular flexibility index (Phi) is 6.78. The van der Waals surface area contributed by atoms with Crippen molar-refractivity contribution in [3.8, 4) is 67.8 Å². The van der Waals surface area contributed by atoms with Gasteiger partial charge in [-0.15, -0.1) is 0 Å². The first-order valence-electron chi connectivity index (χ1n) is 35.0. The molecule has 0 saturated heterocycles. The fourth-order valence-corrected chi connectivity index (χ4v) is 12.1. The highest BCUT2D eigenvalue weighted by molar-refractivity contribution is 6.17. The molecule has 83 heavy (non-hydrogen) atoms. The number of hydrogen-bond acceptors (Lipinski definition) is 6. The van der Waals surface area contributed by atoms with Gasteiger partial charge in [-0.05, 0) is 131 Å². The summed E-state index contributed by atoms with van der Waals surface area (Å²) in [6.07, 6.45) is 0. The van der Waals surface area contributed by atoms with Gasteiger partial charge in [-0.25, -0.2) is 15.0 Å². The maximum Gasteiger partial charge on any atom is 0.164 e. The number of fused-ring (bicyclic) bond motifs is 15. The number of benzene rings is 12. The van der Waals surface area contributed by atoms with Gasteiger partial charge in [0.2, 0.25) is 0 Å². The van der Waals surface area contributed by atoms with Gasteiger partial charge >= 0.3 is 0 Å².